The molecular formula is C10H22N2O3. The molecule has 0 rings (SSSR count). The minimum Gasteiger partial charge on any atom is -0.434 e. The first-order valence-electron chi connectivity index (χ1n) is 5.20. The third-order valence-electron chi connectivity index (χ3n) is 1.57. The maximum absolute atomic E-state index is 10.8. The number of hydrazine groups is 1. The van der Waals surface area contributed by atoms with E-state index >= 15 is 0 Å². The zero-order chi connectivity index (χ0) is 11.9. The van der Waals surface area contributed by atoms with Gasteiger partial charge in [0.05, 0.1) is 6.10 Å². The second-order valence-corrected chi connectivity index (χ2v) is 3.83. The van der Waals surface area contributed by atoms with E-state index in [-0.39, 0.29) is 12.1 Å². The highest BCUT2D eigenvalue weighted by atomic mass is 16.7. The second-order valence-electron chi connectivity index (χ2n) is 3.83. The molecule has 0 saturated carbocycles. The van der Waals surface area contributed by atoms with E-state index in [2.05, 4.69) is 10.9 Å². The average molecular weight is 218 g/mol. The van der Waals surface area contributed by atoms with Crippen LogP contribution in [0.3, 0.4) is 0 Å². The van der Waals surface area contributed by atoms with Crippen LogP contribution in [0.1, 0.15) is 34.6 Å². The molecule has 0 spiro atoms. The van der Waals surface area contributed by atoms with Gasteiger partial charge in [-0.15, -0.1) is 0 Å². The van der Waals surface area contributed by atoms with Gasteiger partial charge in [-0.1, -0.05) is 6.92 Å². The number of esters is 1. The maximum atomic E-state index is 10.8. The monoisotopic (exact) mass is 218 g/mol. The number of carbonyl (C=O) groups is 1. The van der Waals surface area contributed by atoms with Crippen molar-refractivity contribution < 1.29 is 14.3 Å². The van der Waals surface area contributed by atoms with Crippen LogP contribution in [0.2, 0.25) is 0 Å². The smallest absolute Gasteiger partial charge is 0.305 e. The Bertz CT molecular complexity index is 195. The normalized spacial score (nSPS) is 13.7. The molecule has 1 atom stereocenters. The van der Waals surface area contributed by atoms with E-state index in [0.29, 0.717) is 6.54 Å². The summed E-state index contributed by atoms with van der Waals surface area (Å²) in [6.45, 7) is 10.2. The Hall–Kier alpha value is -0.650. The highest BCUT2D eigenvalue weighted by Crippen LogP contribution is 2.13. The average Bonchev–Trinajstić information content (AvgIpc) is 2.00. The molecule has 0 aliphatic carbocycles. The lowest BCUT2D eigenvalue weighted by Crippen LogP contribution is -2.42. The minimum atomic E-state index is -0.876. The molecule has 0 heterocycles. The summed E-state index contributed by atoms with van der Waals surface area (Å²) < 4.78 is 10.6. The fourth-order valence-electron chi connectivity index (χ4n) is 1.24. The summed E-state index contributed by atoms with van der Waals surface area (Å²) in [5.41, 5.74) is 5.96. The summed E-state index contributed by atoms with van der Waals surface area (Å²) >= 11 is 0. The van der Waals surface area contributed by atoms with Crippen LogP contribution >= 0.6 is 0 Å². The van der Waals surface area contributed by atoms with Crippen molar-refractivity contribution in [2.24, 2.45) is 0 Å². The lowest BCUT2D eigenvalue weighted by atomic mass is 10.3. The standard InChI is InChI=1S/C10H22N2O3/c1-6-11-12-7-8(2)14-10(4,5)15-9(3)13/h8,11-12H,6-7H2,1-5H3. The Morgan fingerprint density at radius 3 is 2.47 bits per heavy atom. The Kier molecular flexibility index (Phi) is 6.47. The minimum absolute atomic E-state index is 0.0431. The Morgan fingerprint density at radius 2 is 2.00 bits per heavy atom. The molecular weight excluding hydrogens is 196 g/mol. The Labute approximate surface area is 91.5 Å². The first-order chi connectivity index (χ1) is 6.87. The second kappa shape index (κ2) is 6.76. The summed E-state index contributed by atoms with van der Waals surface area (Å²) in [5.74, 6) is -1.22. The lowest BCUT2D eigenvalue weighted by molar-refractivity contribution is -0.227. The fraction of sp³-hybridized carbons (Fsp3) is 0.900. The van der Waals surface area contributed by atoms with Crippen LogP contribution in [0.5, 0.6) is 0 Å². The molecule has 0 fully saturated rings. The van der Waals surface area contributed by atoms with Crippen molar-refractivity contribution in [3.63, 3.8) is 0 Å². The van der Waals surface area contributed by atoms with E-state index in [1.54, 1.807) is 13.8 Å². The maximum Gasteiger partial charge on any atom is 0.305 e. The van der Waals surface area contributed by atoms with Crippen molar-refractivity contribution >= 4 is 5.97 Å². The fourth-order valence-corrected chi connectivity index (χ4v) is 1.24. The van der Waals surface area contributed by atoms with E-state index in [1.807, 2.05) is 13.8 Å². The van der Waals surface area contributed by atoms with Crippen LogP contribution in [-0.2, 0) is 14.3 Å². The molecule has 0 radical (unpaired) electrons. The van der Waals surface area contributed by atoms with Crippen molar-refractivity contribution in [3.8, 4) is 0 Å². The summed E-state index contributed by atoms with van der Waals surface area (Å²) in [4.78, 5) is 10.8. The first kappa shape index (κ1) is 14.3. The molecule has 1 unspecified atom stereocenters. The molecule has 5 heteroatoms. The van der Waals surface area contributed by atoms with E-state index in [0.717, 1.165) is 6.54 Å². The van der Waals surface area contributed by atoms with Crippen LogP contribution in [0.15, 0.2) is 0 Å². The predicted molar refractivity (Wildman–Crippen MR) is 58.1 cm³/mol. The number of carbonyl (C=O) groups excluding carboxylic acids is 1. The summed E-state index contributed by atoms with van der Waals surface area (Å²) in [6.07, 6.45) is -0.0431. The molecule has 0 amide bonds. The first-order valence-corrected chi connectivity index (χ1v) is 5.20. The zero-order valence-corrected chi connectivity index (χ0v) is 10.2. The number of hydrogen-bond donors (Lipinski definition) is 2. The summed E-state index contributed by atoms with van der Waals surface area (Å²) in [5, 5.41) is 0. The van der Waals surface area contributed by atoms with Gasteiger partial charge in [0.25, 0.3) is 0 Å². The highest BCUT2D eigenvalue weighted by Gasteiger charge is 2.24. The lowest BCUT2D eigenvalue weighted by Gasteiger charge is -2.28. The van der Waals surface area contributed by atoms with Gasteiger partial charge >= 0.3 is 5.97 Å². The number of hydrogen-bond acceptors (Lipinski definition) is 5. The van der Waals surface area contributed by atoms with Gasteiger partial charge in [0, 0.05) is 33.9 Å². The van der Waals surface area contributed by atoms with Gasteiger partial charge in [-0.3, -0.25) is 15.6 Å². The van der Waals surface area contributed by atoms with Gasteiger partial charge in [-0.05, 0) is 6.92 Å². The molecule has 0 aromatic rings. The van der Waals surface area contributed by atoms with Gasteiger partial charge in [-0.2, -0.15) is 0 Å². The molecule has 0 aromatic heterocycles. The quantitative estimate of drug-likeness (QED) is 0.286. The molecule has 0 saturated heterocycles. The third kappa shape index (κ3) is 8.35. The SMILES string of the molecule is CCNNCC(C)OC(C)(C)OC(C)=O. The van der Waals surface area contributed by atoms with E-state index in [1.165, 1.54) is 6.92 Å². The number of nitrogens with one attached hydrogen (secondary N) is 2. The van der Waals surface area contributed by atoms with Crippen molar-refractivity contribution in [1.29, 1.82) is 0 Å². The van der Waals surface area contributed by atoms with Crippen LogP contribution < -0.4 is 10.9 Å². The van der Waals surface area contributed by atoms with Gasteiger partial charge in [0.15, 0.2) is 0 Å². The molecule has 90 valence electrons. The van der Waals surface area contributed by atoms with Crippen LogP contribution in [-0.4, -0.2) is 30.9 Å². The molecule has 0 aliphatic heterocycles. The Morgan fingerprint density at radius 1 is 1.40 bits per heavy atom. The van der Waals surface area contributed by atoms with Gasteiger partial charge < -0.3 is 9.47 Å². The third-order valence-corrected chi connectivity index (χ3v) is 1.57. The molecule has 0 aliphatic rings. The predicted octanol–water partition coefficient (Wildman–Crippen LogP) is 0.805. The van der Waals surface area contributed by atoms with E-state index < -0.39 is 5.79 Å². The molecule has 0 aromatic carbocycles. The molecule has 5 nitrogen and oxygen atoms in total. The van der Waals surface area contributed by atoms with Crippen molar-refractivity contribution in [3.05, 3.63) is 0 Å². The van der Waals surface area contributed by atoms with E-state index in [4.69, 9.17) is 9.47 Å². The van der Waals surface area contributed by atoms with Gasteiger partial charge in [0.1, 0.15) is 0 Å². The van der Waals surface area contributed by atoms with Gasteiger partial charge in [0.2, 0.25) is 5.79 Å². The summed E-state index contributed by atoms with van der Waals surface area (Å²) in [6, 6.07) is 0. The topological polar surface area (TPSA) is 59.6 Å². The zero-order valence-electron chi connectivity index (χ0n) is 10.2. The summed E-state index contributed by atoms with van der Waals surface area (Å²) in [7, 11) is 0. The number of rotatable bonds is 7. The number of ether oxygens (including phenoxy) is 2. The van der Waals surface area contributed by atoms with Crippen LogP contribution in [0, 0.1) is 0 Å². The van der Waals surface area contributed by atoms with E-state index in [9.17, 15) is 4.79 Å². The highest BCUT2D eigenvalue weighted by molar-refractivity contribution is 5.66. The van der Waals surface area contributed by atoms with Crippen LogP contribution in [0.4, 0.5) is 0 Å². The molecule has 2 N–H and O–H groups in total. The molecule has 15 heavy (non-hydrogen) atoms. The van der Waals surface area contributed by atoms with Crippen LogP contribution in [0.25, 0.3) is 0 Å². The van der Waals surface area contributed by atoms with Gasteiger partial charge in [-0.25, -0.2) is 0 Å². The van der Waals surface area contributed by atoms with Crippen molar-refractivity contribution in [1.82, 2.24) is 10.9 Å². The van der Waals surface area contributed by atoms with Crippen molar-refractivity contribution in [2.75, 3.05) is 13.1 Å². The molecule has 0 bridgehead atoms. The Balaban J connectivity index is 3.82. The van der Waals surface area contributed by atoms with Crippen molar-refractivity contribution in [2.45, 2.75) is 46.5 Å². The largest absolute Gasteiger partial charge is 0.434 e.